The van der Waals surface area contributed by atoms with E-state index in [1.54, 1.807) is 0 Å². The maximum Gasteiger partial charge on any atom is 0.311 e. The molecule has 0 bridgehead atoms. The van der Waals surface area contributed by atoms with Gasteiger partial charge in [-0.05, 0) is 79.4 Å². The fraction of sp³-hybridized carbons (Fsp3) is 0.933. The molecule has 2 heterocycles. The largest absolute Gasteiger partial charge is 0.433 e. The van der Waals surface area contributed by atoms with Gasteiger partial charge in [0.15, 0.2) is 0 Å². The number of Topliss-reactive ketones (excluding diaryl/α,β-unsaturated/α-hetero) is 1. The molecule has 190 valence electrons. The van der Waals surface area contributed by atoms with E-state index >= 15 is 0 Å². The summed E-state index contributed by atoms with van der Waals surface area (Å²) < 4.78 is 13.1. The molecule has 4 nitrogen and oxygen atoms in total. The van der Waals surface area contributed by atoms with Crippen LogP contribution < -0.4 is 0 Å². The second-order valence-electron chi connectivity index (χ2n) is 14.8. The monoisotopic (exact) mass is 470 g/mol. The highest BCUT2D eigenvalue weighted by atomic mass is 16.7. The minimum Gasteiger partial charge on any atom is -0.433 e. The van der Waals surface area contributed by atoms with Gasteiger partial charge < -0.3 is 9.47 Å². The van der Waals surface area contributed by atoms with Crippen LogP contribution in [-0.4, -0.2) is 23.1 Å². The molecule has 6 rings (SSSR count). The van der Waals surface area contributed by atoms with Crippen molar-refractivity contribution in [2.75, 3.05) is 0 Å². The Balaban J connectivity index is 1.35. The lowest BCUT2D eigenvalue weighted by Crippen LogP contribution is -2.63. The molecule has 2 unspecified atom stereocenters. The second kappa shape index (κ2) is 6.69. The van der Waals surface area contributed by atoms with Gasteiger partial charge in [-0.25, -0.2) is 0 Å². The summed E-state index contributed by atoms with van der Waals surface area (Å²) in [4.78, 5) is 25.3. The Labute approximate surface area is 206 Å². The molecule has 6 aliphatic rings. The molecule has 2 aliphatic heterocycles. The Morgan fingerprint density at radius 3 is 2.24 bits per heavy atom. The molecule has 4 heteroatoms. The predicted molar refractivity (Wildman–Crippen MR) is 131 cm³/mol. The molecule has 10 atom stereocenters. The number of ether oxygens (including phenoxy) is 2. The molecule has 34 heavy (non-hydrogen) atoms. The van der Waals surface area contributed by atoms with Gasteiger partial charge in [0.2, 0.25) is 5.79 Å². The SMILES string of the molecule is CC1CC2(C[C@@H](C)[C@]3(CC[C@@]4(C)[C@@H]5CC[C@H]6C(C)(C)C(=O)CC[C@]6(C)[C@H]5CC[C@@]43C)O2)OC1=O. The molecule has 0 radical (unpaired) electrons. The summed E-state index contributed by atoms with van der Waals surface area (Å²) in [5.74, 6) is 1.93. The standard InChI is InChI=1S/C30H46O4/c1-18-16-29(33-24(18)32)17-19(2)30(34-29)15-14-27(6)21-8-9-22-25(3,4)23(31)11-12-26(22,5)20(21)10-13-28(27,30)7/h18-22H,8-17H2,1-7H3/t18?,19-,20+,21-,22+,26-,27+,28+,29?,30+/m1/s1. The van der Waals surface area contributed by atoms with E-state index in [1.165, 1.54) is 32.1 Å². The molecular formula is C30H46O4. The van der Waals surface area contributed by atoms with Crippen molar-refractivity contribution >= 4 is 11.8 Å². The van der Waals surface area contributed by atoms with Crippen LogP contribution in [0.15, 0.2) is 0 Å². The van der Waals surface area contributed by atoms with E-state index in [4.69, 9.17) is 9.47 Å². The molecule has 4 saturated carbocycles. The lowest BCUT2D eigenvalue weighted by atomic mass is 9.38. The van der Waals surface area contributed by atoms with Crippen molar-refractivity contribution in [3.05, 3.63) is 0 Å². The summed E-state index contributed by atoms with van der Waals surface area (Å²) in [5.41, 5.74) is 0.195. The second-order valence-corrected chi connectivity index (χ2v) is 14.8. The Hall–Kier alpha value is -0.900. The molecule has 0 aromatic rings. The molecule has 0 aromatic heterocycles. The van der Waals surface area contributed by atoms with Gasteiger partial charge in [0.1, 0.15) is 5.78 Å². The van der Waals surface area contributed by atoms with Crippen molar-refractivity contribution in [2.45, 2.75) is 124 Å². The number of ketones is 1. The minimum absolute atomic E-state index is 0.0636. The van der Waals surface area contributed by atoms with Crippen LogP contribution >= 0.6 is 0 Å². The van der Waals surface area contributed by atoms with E-state index in [0.29, 0.717) is 35.9 Å². The number of esters is 1. The number of rotatable bonds is 0. The van der Waals surface area contributed by atoms with Gasteiger partial charge >= 0.3 is 5.97 Å². The molecule has 6 fully saturated rings. The molecule has 0 N–H and O–H groups in total. The van der Waals surface area contributed by atoms with E-state index in [9.17, 15) is 9.59 Å². The van der Waals surface area contributed by atoms with Crippen molar-refractivity contribution in [3.8, 4) is 0 Å². The van der Waals surface area contributed by atoms with Gasteiger partial charge in [0.05, 0.1) is 11.5 Å². The first-order valence-electron chi connectivity index (χ1n) is 14.2. The number of carbonyl (C=O) groups is 2. The zero-order valence-corrected chi connectivity index (χ0v) is 22.6. The van der Waals surface area contributed by atoms with Crippen LogP contribution in [0.2, 0.25) is 0 Å². The minimum atomic E-state index is -0.696. The van der Waals surface area contributed by atoms with E-state index in [2.05, 4.69) is 41.5 Å². The van der Waals surface area contributed by atoms with Gasteiger partial charge in [-0.1, -0.05) is 48.5 Å². The molecule has 0 aromatic carbocycles. The zero-order chi connectivity index (χ0) is 24.5. The van der Waals surface area contributed by atoms with Crippen molar-refractivity contribution in [1.29, 1.82) is 0 Å². The first-order valence-corrected chi connectivity index (χ1v) is 14.2. The molecule has 0 amide bonds. The summed E-state index contributed by atoms with van der Waals surface area (Å²) in [6.45, 7) is 16.5. The van der Waals surface area contributed by atoms with Gasteiger partial charge in [0.25, 0.3) is 0 Å². The summed E-state index contributed by atoms with van der Waals surface area (Å²) in [7, 11) is 0. The first-order chi connectivity index (χ1) is 15.7. The third kappa shape index (κ3) is 2.50. The lowest BCUT2D eigenvalue weighted by Gasteiger charge is -2.67. The van der Waals surface area contributed by atoms with Gasteiger partial charge in [-0.3, -0.25) is 9.59 Å². The zero-order valence-electron chi connectivity index (χ0n) is 22.6. The molecule has 4 aliphatic carbocycles. The van der Waals surface area contributed by atoms with Crippen molar-refractivity contribution in [3.63, 3.8) is 0 Å². The smallest absolute Gasteiger partial charge is 0.311 e. The maximum atomic E-state index is 12.9. The van der Waals surface area contributed by atoms with Crippen LogP contribution in [0.5, 0.6) is 0 Å². The maximum absolute atomic E-state index is 12.9. The van der Waals surface area contributed by atoms with Crippen molar-refractivity contribution in [1.82, 2.24) is 0 Å². The van der Waals surface area contributed by atoms with Crippen LogP contribution in [-0.2, 0) is 19.1 Å². The first kappa shape index (κ1) is 23.5. The molecular weight excluding hydrogens is 424 g/mol. The Morgan fingerprint density at radius 1 is 0.824 bits per heavy atom. The Kier molecular flexibility index (Phi) is 4.63. The average Bonchev–Trinajstić information content (AvgIpc) is 3.28. The Morgan fingerprint density at radius 2 is 1.56 bits per heavy atom. The fourth-order valence-electron chi connectivity index (χ4n) is 11.5. The summed E-state index contributed by atoms with van der Waals surface area (Å²) in [6, 6.07) is 0. The Bertz CT molecular complexity index is 940. The third-order valence-corrected chi connectivity index (χ3v) is 13.4. The summed E-state index contributed by atoms with van der Waals surface area (Å²) >= 11 is 0. The predicted octanol–water partition coefficient (Wildman–Crippen LogP) is 6.70. The molecule has 2 saturated heterocycles. The van der Waals surface area contributed by atoms with E-state index in [1.807, 2.05) is 6.92 Å². The summed E-state index contributed by atoms with van der Waals surface area (Å²) in [5, 5.41) is 0. The van der Waals surface area contributed by atoms with Crippen molar-refractivity contribution in [2.24, 2.45) is 51.2 Å². The van der Waals surface area contributed by atoms with Gasteiger partial charge in [0, 0.05) is 30.1 Å². The van der Waals surface area contributed by atoms with Crippen LogP contribution in [0.3, 0.4) is 0 Å². The topological polar surface area (TPSA) is 52.6 Å². The van der Waals surface area contributed by atoms with Crippen LogP contribution in [0, 0.1) is 51.2 Å². The highest BCUT2D eigenvalue weighted by Gasteiger charge is 2.76. The van der Waals surface area contributed by atoms with Crippen LogP contribution in [0.1, 0.15) is 113 Å². The quantitative estimate of drug-likeness (QED) is 0.370. The fourth-order valence-corrected chi connectivity index (χ4v) is 11.5. The highest BCUT2D eigenvalue weighted by molar-refractivity contribution is 5.85. The normalized spacial score (nSPS) is 58.0. The van der Waals surface area contributed by atoms with E-state index in [-0.39, 0.29) is 39.1 Å². The van der Waals surface area contributed by atoms with Crippen LogP contribution in [0.4, 0.5) is 0 Å². The number of fused-ring (bicyclic) bond motifs is 6. The number of carbonyl (C=O) groups excluding carboxylic acids is 2. The molecule has 2 spiro atoms. The number of hydrogen-bond donors (Lipinski definition) is 0. The van der Waals surface area contributed by atoms with Gasteiger partial charge in [-0.15, -0.1) is 0 Å². The highest BCUT2D eigenvalue weighted by Crippen LogP contribution is 2.77. The van der Waals surface area contributed by atoms with Crippen LogP contribution in [0.25, 0.3) is 0 Å². The van der Waals surface area contributed by atoms with Crippen molar-refractivity contribution < 1.29 is 19.1 Å². The number of hydrogen-bond acceptors (Lipinski definition) is 4. The van der Waals surface area contributed by atoms with E-state index in [0.717, 1.165) is 25.7 Å². The average molecular weight is 471 g/mol. The van der Waals surface area contributed by atoms with E-state index < -0.39 is 5.79 Å². The summed E-state index contributed by atoms with van der Waals surface area (Å²) in [6.07, 6.45) is 10.5. The van der Waals surface area contributed by atoms with Gasteiger partial charge in [-0.2, -0.15) is 0 Å². The lowest BCUT2D eigenvalue weighted by molar-refractivity contribution is -0.270. The third-order valence-electron chi connectivity index (χ3n) is 13.4.